The highest BCUT2D eigenvalue weighted by Crippen LogP contribution is 2.20. The molecule has 0 spiro atoms. The van der Waals surface area contributed by atoms with E-state index in [2.05, 4.69) is 21.2 Å². The summed E-state index contributed by atoms with van der Waals surface area (Å²) in [5.74, 6) is -1.01. The number of hydrogen-bond donors (Lipinski definition) is 1. The molecule has 0 unspecified atom stereocenters. The standard InChI is InChI=1S/C18H16BrF2N3O2/c19-16-11-13(21)3-6-15(16)17(25)23-7-9-24(10-8-23)18(26)22-14-4-1-12(20)2-5-14/h1-6,11H,7-10H2,(H,22,26). The van der Waals surface area contributed by atoms with E-state index in [-0.39, 0.29) is 17.8 Å². The molecule has 0 aromatic heterocycles. The van der Waals surface area contributed by atoms with Gasteiger partial charge < -0.3 is 15.1 Å². The Morgan fingerprint density at radius 2 is 1.46 bits per heavy atom. The second kappa shape index (κ2) is 7.82. The van der Waals surface area contributed by atoms with Crippen LogP contribution >= 0.6 is 15.9 Å². The van der Waals surface area contributed by atoms with E-state index in [1.165, 1.54) is 42.5 Å². The van der Waals surface area contributed by atoms with Gasteiger partial charge in [0, 0.05) is 36.3 Å². The predicted molar refractivity (Wildman–Crippen MR) is 97.0 cm³/mol. The molecule has 5 nitrogen and oxygen atoms in total. The van der Waals surface area contributed by atoms with Gasteiger partial charge in [0.15, 0.2) is 0 Å². The molecule has 1 saturated heterocycles. The SMILES string of the molecule is O=C(Nc1ccc(F)cc1)N1CCN(C(=O)c2ccc(F)cc2Br)CC1. The molecule has 8 heteroatoms. The number of hydrogen-bond acceptors (Lipinski definition) is 2. The minimum Gasteiger partial charge on any atom is -0.335 e. The zero-order valence-corrected chi connectivity index (χ0v) is 15.3. The van der Waals surface area contributed by atoms with Crippen LogP contribution in [0.15, 0.2) is 46.9 Å². The van der Waals surface area contributed by atoms with Crippen molar-refractivity contribution >= 4 is 33.6 Å². The summed E-state index contributed by atoms with van der Waals surface area (Å²) in [6.07, 6.45) is 0. The number of urea groups is 1. The van der Waals surface area contributed by atoms with Crippen LogP contribution in [0.5, 0.6) is 0 Å². The molecule has 1 heterocycles. The van der Waals surface area contributed by atoms with Crippen molar-refractivity contribution in [2.45, 2.75) is 0 Å². The van der Waals surface area contributed by atoms with Gasteiger partial charge in [-0.05, 0) is 58.4 Å². The monoisotopic (exact) mass is 423 g/mol. The van der Waals surface area contributed by atoms with Gasteiger partial charge in [0.2, 0.25) is 0 Å². The van der Waals surface area contributed by atoms with Crippen LogP contribution < -0.4 is 5.32 Å². The smallest absolute Gasteiger partial charge is 0.321 e. The van der Waals surface area contributed by atoms with Crippen LogP contribution in [0.1, 0.15) is 10.4 Å². The Labute approximate surface area is 157 Å². The molecule has 0 radical (unpaired) electrons. The summed E-state index contributed by atoms with van der Waals surface area (Å²) in [4.78, 5) is 28.0. The van der Waals surface area contributed by atoms with Crippen molar-refractivity contribution in [3.8, 4) is 0 Å². The summed E-state index contributed by atoms with van der Waals surface area (Å²) in [5.41, 5.74) is 0.890. The van der Waals surface area contributed by atoms with Crippen LogP contribution in [-0.4, -0.2) is 47.9 Å². The molecule has 1 aliphatic heterocycles. The third kappa shape index (κ3) is 4.19. The lowest BCUT2D eigenvalue weighted by Crippen LogP contribution is -2.51. The number of anilines is 1. The second-order valence-electron chi connectivity index (χ2n) is 5.84. The first kappa shape index (κ1) is 18.3. The number of nitrogens with zero attached hydrogens (tertiary/aromatic N) is 2. The number of rotatable bonds is 2. The molecule has 3 amide bonds. The first-order valence-corrected chi connectivity index (χ1v) is 8.79. The lowest BCUT2D eigenvalue weighted by molar-refractivity contribution is 0.0670. The first-order valence-electron chi connectivity index (χ1n) is 8.00. The van der Waals surface area contributed by atoms with Crippen LogP contribution in [0.4, 0.5) is 19.3 Å². The van der Waals surface area contributed by atoms with Crippen molar-refractivity contribution in [2.24, 2.45) is 0 Å². The van der Waals surface area contributed by atoms with Crippen molar-refractivity contribution in [1.29, 1.82) is 0 Å². The quantitative estimate of drug-likeness (QED) is 0.799. The van der Waals surface area contributed by atoms with E-state index in [1.807, 2.05) is 0 Å². The minimum absolute atomic E-state index is 0.213. The highest BCUT2D eigenvalue weighted by atomic mass is 79.9. The molecule has 0 atom stereocenters. The number of piperazine rings is 1. The number of carbonyl (C=O) groups excluding carboxylic acids is 2. The van der Waals surface area contributed by atoms with Gasteiger partial charge in [-0.15, -0.1) is 0 Å². The maximum absolute atomic E-state index is 13.2. The van der Waals surface area contributed by atoms with Gasteiger partial charge >= 0.3 is 6.03 Å². The van der Waals surface area contributed by atoms with E-state index >= 15 is 0 Å². The van der Waals surface area contributed by atoms with E-state index in [0.717, 1.165) is 0 Å². The van der Waals surface area contributed by atoms with Crippen molar-refractivity contribution in [3.63, 3.8) is 0 Å². The van der Waals surface area contributed by atoms with E-state index in [9.17, 15) is 18.4 Å². The Kier molecular flexibility index (Phi) is 5.51. The summed E-state index contributed by atoms with van der Waals surface area (Å²) >= 11 is 3.20. The van der Waals surface area contributed by atoms with Crippen molar-refractivity contribution in [1.82, 2.24) is 9.80 Å². The maximum atomic E-state index is 13.2. The number of nitrogens with one attached hydrogen (secondary N) is 1. The third-order valence-electron chi connectivity index (χ3n) is 4.11. The number of amides is 3. The van der Waals surface area contributed by atoms with Crippen molar-refractivity contribution in [3.05, 3.63) is 64.1 Å². The van der Waals surface area contributed by atoms with Gasteiger partial charge in [-0.25, -0.2) is 13.6 Å². The van der Waals surface area contributed by atoms with E-state index in [0.29, 0.717) is 41.9 Å². The van der Waals surface area contributed by atoms with Gasteiger partial charge in [-0.2, -0.15) is 0 Å². The first-order chi connectivity index (χ1) is 12.4. The number of benzene rings is 2. The molecule has 0 aliphatic carbocycles. The molecule has 2 aromatic carbocycles. The maximum Gasteiger partial charge on any atom is 0.321 e. The summed E-state index contributed by atoms with van der Waals surface area (Å²) < 4.78 is 26.5. The molecule has 0 bridgehead atoms. The zero-order chi connectivity index (χ0) is 18.7. The lowest BCUT2D eigenvalue weighted by Gasteiger charge is -2.34. The van der Waals surface area contributed by atoms with Gasteiger partial charge in [0.05, 0.1) is 5.56 Å². The molecule has 2 aromatic rings. The second-order valence-corrected chi connectivity index (χ2v) is 6.69. The average molecular weight is 424 g/mol. The van der Waals surface area contributed by atoms with Crippen LogP contribution in [0.25, 0.3) is 0 Å². The molecule has 3 rings (SSSR count). The highest BCUT2D eigenvalue weighted by molar-refractivity contribution is 9.10. The Morgan fingerprint density at radius 1 is 0.885 bits per heavy atom. The van der Waals surface area contributed by atoms with Crippen LogP contribution in [0.3, 0.4) is 0 Å². The summed E-state index contributed by atoms with van der Waals surface area (Å²) in [6.45, 7) is 1.49. The largest absolute Gasteiger partial charge is 0.335 e. The highest BCUT2D eigenvalue weighted by Gasteiger charge is 2.26. The molecule has 0 saturated carbocycles. The predicted octanol–water partition coefficient (Wildman–Crippen LogP) is 3.72. The van der Waals surface area contributed by atoms with E-state index in [4.69, 9.17) is 0 Å². The van der Waals surface area contributed by atoms with Gasteiger partial charge in [0.25, 0.3) is 5.91 Å². The van der Waals surface area contributed by atoms with Crippen LogP contribution in [0, 0.1) is 11.6 Å². The topological polar surface area (TPSA) is 52.7 Å². The van der Waals surface area contributed by atoms with Gasteiger partial charge in [0.1, 0.15) is 11.6 Å². The summed E-state index contributed by atoms with van der Waals surface area (Å²) in [7, 11) is 0. The summed E-state index contributed by atoms with van der Waals surface area (Å²) in [6, 6.07) is 9.14. The third-order valence-corrected chi connectivity index (χ3v) is 4.77. The normalized spacial score (nSPS) is 14.3. The Balaban J connectivity index is 1.57. The van der Waals surface area contributed by atoms with Crippen LogP contribution in [0.2, 0.25) is 0 Å². The Hall–Kier alpha value is -2.48. The van der Waals surface area contributed by atoms with Gasteiger partial charge in [-0.1, -0.05) is 0 Å². The lowest BCUT2D eigenvalue weighted by atomic mass is 10.2. The molecular formula is C18H16BrF2N3O2. The molecule has 1 fully saturated rings. The fourth-order valence-corrected chi connectivity index (χ4v) is 3.20. The van der Waals surface area contributed by atoms with E-state index < -0.39 is 5.82 Å². The fourth-order valence-electron chi connectivity index (χ4n) is 2.68. The Morgan fingerprint density at radius 3 is 2.08 bits per heavy atom. The van der Waals surface area contributed by atoms with Gasteiger partial charge in [-0.3, -0.25) is 4.79 Å². The molecule has 26 heavy (non-hydrogen) atoms. The van der Waals surface area contributed by atoms with Crippen LogP contribution in [-0.2, 0) is 0 Å². The number of halogens is 3. The van der Waals surface area contributed by atoms with Crippen molar-refractivity contribution < 1.29 is 18.4 Å². The van der Waals surface area contributed by atoms with E-state index in [1.54, 1.807) is 9.80 Å². The molecule has 1 aliphatic rings. The van der Waals surface area contributed by atoms with Crippen molar-refractivity contribution in [2.75, 3.05) is 31.5 Å². The number of carbonyl (C=O) groups is 2. The summed E-state index contributed by atoms with van der Waals surface area (Å²) in [5, 5.41) is 2.70. The minimum atomic E-state index is -0.421. The molecule has 1 N–H and O–H groups in total. The average Bonchev–Trinajstić information content (AvgIpc) is 2.63. The molecular weight excluding hydrogens is 408 g/mol. The molecule has 136 valence electrons. The fraction of sp³-hybridized carbons (Fsp3) is 0.222. The Bertz CT molecular complexity index is 822. The zero-order valence-electron chi connectivity index (χ0n) is 13.7.